The summed E-state index contributed by atoms with van der Waals surface area (Å²) < 4.78 is 5.37. The van der Waals surface area contributed by atoms with Crippen LogP contribution in [0.1, 0.15) is 25.5 Å². The number of nitrogens with zero attached hydrogens (tertiary/aromatic N) is 2. The molecule has 1 atom stereocenters. The van der Waals surface area contributed by atoms with E-state index < -0.39 is 0 Å². The molecule has 0 spiro atoms. The first kappa shape index (κ1) is 11.3. The van der Waals surface area contributed by atoms with Gasteiger partial charge in [-0.25, -0.2) is 9.97 Å². The third-order valence-corrected chi connectivity index (χ3v) is 2.98. The first-order valence-corrected chi connectivity index (χ1v) is 5.94. The lowest BCUT2D eigenvalue weighted by Gasteiger charge is -2.14. The fourth-order valence-corrected chi connectivity index (χ4v) is 1.94. The lowest BCUT2D eigenvalue weighted by atomic mass is 10.1. The van der Waals surface area contributed by atoms with Crippen molar-refractivity contribution in [3.63, 3.8) is 0 Å². The molecule has 1 aliphatic rings. The van der Waals surface area contributed by atoms with Gasteiger partial charge in [-0.15, -0.1) is 0 Å². The maximum Gasteiger partial charge on any atom is 0.216 e. The molecule has 1 N–H and O–H groups in total. The molecule has 4 nitrogen and oxygen atoms in total. The van der Waals surface area contributed by atoms with Crippen LogP contribution in [0.3, 0.4) is 0 Å². The van der Waals surface area contributed by atoms with Crippen molar-refractivity contribution in [2.45, 2.75) is 32.2 Å². The molecule has 0 saturated heterocycles. The van der Waals surface area contributed by atoms with Crippen LogP contribution in [-0.2, 0) is 6.42 Å². The van der Waals surface area contributed by atoms with E-state index in [1.54, 1.807) is 6.33 Å². The normalized spacial score (nSPS) is 17.1. The number of nitrogens with one attached hydrogen (secondary N) is 1. The summed E-state index contributed by atoms with van der Waals surface area (Å²) in [6.45, 7) is 2.61. The van der Waals surface area contributed by atoms with Gasteiger partial charge in [0.2, 0.25) is 5.88 Å². The molecule has 4 heteroatoms. The Kier molecular flexibility index (Phi) is 3.72. The molecule has 2 rings (SSSR count). The number of hydrogen-bond donors (Lipinski definition) is 1. The Balaban J connectivity index is 1.99. The van der Waals surface area contributed by atoms with E-state index in [0.29, 0.717) is 18.5 Å². The fraction of sp³-hybridized carbons (Fsp3) is 0.667. The third kappa shape index (κ3) is 2.92. The summed E-state index contributed by atoms with van der Waals surface area (Å²) >= 11 is 0. The quantitative estimate of drug-likeness (QED) is 0.789. The van der Waals surface area contributed by atoms with Gasteiger partial charge in [-0.2, -0.15) is 0 Å². The van der Waals surface area contributed by atoms with Gasteiger partial charge >= 0.3 is 0 Å². The molecule has 1 saturated carbocycles. The van der Waals surface area contributed by atoms with Crippen molar-refractivity contribution >= 4 is 0 Å². The average molecular weight is 221 g/mol. The molecule has 1 aliphatic carbocycles. The van der Waals surface area contributed by atoms with Crippen LogP contribution in [0.15, 0.2) is 12.4 Å². The van der Waals surface area contributed by atoms with E-state index >= 15 is 0 Å². The second kappa shape index (κ2) is 5.25. The number of aromatic nitrogens is 2. The van der Waals surface area contributed by atoms with E-state index in [1.807, 2.05) is 20.0 Å². The zero-order valence-corrected chi connectivity index (χ0v) is 9.94. The number of ether oxygens (including phenoxy) is 1. The standard InChI is InChI=1S/C12H19N3O/c1-3-16-12-7-10(14-8-15-12)6-11(13-2)9-4-5-9/h7-9,11,13H,3-6H2,1-2H3. The number of likely N-dealkylation sites (N-methyl/N-ethyl adjacent to an activating group) is 1. The van der Waals surface area contributed by atoms with Gasteiger partial charge in [-0.3, -0.25) is 0 Å². The monoisotopic (exact) mass is 221 g/mol. The van der Waals surface area contributed by atoms with E-state index in [2.05, 4.69) is 15.3 Å². The second-order valence-corrected chi connectivity index (χ2v) is 4.22. The molecule has 1 aromatic rings. The summed E-state index contributed by atoms with van der Waals surface area (Å²) in [5.74, 6) is 1.51. The third-order valence-electron chi connectivity index (χ3n) is 2.98. The molecule has 0 amide bonds. The van der Waals surface area contributed by atoms with E-state index in [1.165, 1.54) is 12.8 Å². The van der Waals surface area contributed by atoms with Crippen molar-refractivity contribution in [1.29, 1.82) is 0 Å². The Labute approximate surface area is 96.4 Å². The summed E-state index contributed by atoms with van der Waals surface area (Å²) in [5.41, 5.74) is 1.06. The largest absolute Gasteiger partial charge is 0.478 e. The first-order valence-electron chi connectivity index (χ1n) is 5.94. The molecule has 0 radical (unpaired) electrons. The van der Waals surface area contributed by atoms with E-state index in [4.69, 9.17) is 4.74 Å². The van der Waals surface area contributed by atoms with Crippen molar-refractivity contribution in [3.05, 3.63) is 18.1 Å². The van der Waals surface area contributed by atoms with E-state index in [9.17, 15) is 0 Å². The first-order chi connectivity index (χ1) is 7.83. The maximum absolute atomic E-state index is 5.37. The van der Waals surface area contributed by atoms with Crippen LogP contribution in [-0.4, -0.2) is 29.7 Å². The number of rotatable bonds is 6. The summed E-state index contributed by atoms with van der Waals surface area (Å²) in [4.78, 5) is 8.36. The van der Waals surface area contributed by atoms with Crippen LogP contribution >= 0.6 is 0 Å². The zero-order chi connectivity index (χ0) is 11.4. The Morgan fingerprint density at radius 1 is 1.50 bits per heavy atom. The van der Waals surface area contributed by atoms with Crippen LogP contribution < -0.4 is 10.1 Å². The minimum Gasteiger partial charge on any atom is -0.478 e. The molecule has 1 fully saturated rings. The highest BCUT2D eigenvalue weighted by molar-refractivity contribution is 5.15. The van der Waals surface area contributed by atoms with E-state index in [-0.39, 0.29) is 0 Å². The SMILES string of the molecule is CCOc1cc(CC(NC)C2CC2)ncn1. The summed E-state index contributed by atoms with van der Waals surface area (Å²) in [6, 6.07) is 2.49. The summed E-state index contributed by atoms with van der Waals surface area (Å²) in [6.07, 6.45) is 5.23. The predicted molar refractivity (Wildman–Crippen MR) is 62.5 cm³/mol. The van der Waals surface area contributed by atoms with Crippen molar-refractivity contribution in [2.75, 3.05) is 13.7 Å². The molecule has 88 valence electrons. The lowest BCUT2D eigenvalue weighted by molar-refractivity contribution is 0.325. The zero-order valence-electron chi connectivity index (χ0n) is 9.94. The van der Waals surface area contributed by atoms with Gasteiger partial charge in [0, 0.05) is 24.2 Å². The fourth-order valence-electron chi connectivity index (χ4n) is 1.94. The highest BCUT2D eigenvalue weighted by atomic mass is 16.5. The molecule has 0 bridgehead atoms. The summed E-state index contributed by atoms with van der Waals surface area (Å²) in [7, 11) is 2.02. The predicted octanol–water partition coefficient (Wildman–Crippen LogP) is 1.42. The van der Waals surface area contributed by atoms with Gasteiger partial charge in [0.25, 0.3) is 0 Å². The topological polar surface area (TPSA) is 47.0 Å². The van der Waals surface area contributed by atoms with Crippen LogP contribution in [0.5, 0.6) is 5.88 Å². The van der Waals surface area contributed by atoms with Gasteiger partial charge in [0.1, 0.15) is 6.33 Å². The molecule has 0 aromatic carbocycles. The van der Waals surface area contributed by atoms with E-state index in [0.717, 1.165) is 18.0 Å². The molecular formula is C12H19N3O. The van der Waals surface area contributed by atoms with Crippen molar-refractivity contribution < 1.29 is 4.74 Å². The van der Waals surface area contributed by atoms with Crippen LogP contribution in [0, 0.1) is 5.92 Å². The highest BCUT2D eigenvalue weighted by Gasteiger charge is 2.30. The van der Waals surface area contributed by atoms with Gasteiger partial charge in [0.15, 0.2) is 0 Å². The van der Waals surface area contributed by atoms with Crippen molar-refractivity contribution in [1.82, 2.24) is 15.3 Å². The highest BCUT2D eigenvalue weighted by Crippen LogP contribution is 2.33. The minimum atomic E-state index is 0.546. The molecule has 1 unspecified atom stereocenters. The van der Waals surface area contributed by atoms with Gasteiger partial charge in [-0.05, 0) is 32.7 Å². The molecule has 0 aliphatic heterocycles. The van der Waals surface area contributed by atoms with Gasteiger partial charge in [-0.1, -0.05) is 0 Å². The molecule has 1 aromatic heterocycles. The Bertz CT molecular complexity index is 339. The smallest absolute Gasteiger partial charge is 0.216 e. The minimum absolute atomic E-state index is 0.546. The molecule has 16 heavy (non-hydrogen) atoms. The molecule has 1 heterocycles. The Hall–Kier alpha value is -1.16. The maximum atomic E-state index is 5.37. The second-order valence-electron chi connectivity index (χ2n) is 4.22. The van der Waals surface area contributed by atoms with Gasteiger partial charge in [0.05, 0.1) is 6.61 Å². The lowest BCUT2D eigenvalue weighted by Crippen LogP contribution is -2.30. The van der Waals surface area contributed by atoms with Crippen LogP contribution in [0.4, 0.5) is 0 Å². The average Bonchev–Trinajstić information content (AvgIpc) is 3.11. The van der Waals surface area contributed by atoms with Gasteiger partial charge < -0.3 is 10.1 Å². The van der Waals surface area contributed by atoms with Crippen molar-refractivity contribution in [3.8, 4) is 5.88 Å². The van der Waals surface area contributed by atoms with Crippen LogP contribution in [0.25, 0.3) is 0 Å². The molecular weight excluding hydrogens is 202 g/mol. The Morgan fingerprint density at radius 2 is 2.31 bits per heavy atom. The number of hydrogen-bond acceptors (Lipinski definition) is 4. The van der Waals surface area contributed by atoms with Crippen molar-refractivity contribution in [2.24, 2.45) is 5.92 Å². The Morgan fingerprint density at radius 3 is 2.94 bits per heavy atom. The summed E-state index contributed by atoms with van der Waals surface area (Å²) in [5, 5.41) is 3.36. The van der Waals surface area contributed by atoms with Crippen LogP contribution in [0.2, 0.25) is 0 Å².